The first kappa shape index (κ1) is 24.6. The Labute approximate surface area is 167 Å². The van der Waals surface area contributed by atoms with E-state index >= 15 is 0 Å². The summed E-state index contributed by atoms with van der Waals surface area (Å²) in [6, 6.07) is -4.06. The maximum atomic E-state index is 12.7. The Morgan fingerprint density at radius 3 is 1.44 bits per heavy atom. The number of hydrogen-bond donors (Lipinski definition) is 8. The van der Waals surface area contributed by atoms with Crippen molar-refractivity contribution in [1.82, 2.24) is 4.90 Å². The van der Waals surface area contributed by atoms with E-state index in [0.29, 0.717) is 0 Å². The number of carbonyl (C=O) groups is 4. The van der Waals surface area contributed by atoms with E-state index in [9.17, 15) is 24.3 Å². The fraction of sp³-hybridized carbons (Fsp3) is 0.667. The van der Waals surface area contributed by atoms with Crippen molar-refractivity contribution in [3.8, 4) is 0 Å². The molecule has 0 unspecified atom stereocenters. The number of thiol groups is 4. The van der Waals surface area contributed by atoms with E-state index in [0.717, 1.165) is 0 Å². The van der Waals surface area contributed by atoms with E-state index < -0.39 is 53.0 Å². The smallest absolute Gasteiger partial charge is 0.338 e. The predicted octanol–water partition coefficient (Wildman–Crippen LogP) is -2.56. The summed E-state index contributed by atoms with van der Waals surface area (Å²) in [5.74, 6) is -6.51. The molecule has 0 saturated heterocycles. The molecule has 0 heterocycles. The topological polar surface area (TPSA) is 170 Å². The molecule has 0 aliphatic carbocycles. The zero-order valence-electron chi connectivity index (χ0n) is 13.1. The maximum absolute atomic E-state index is 12.7. The zero-order chi connectivity index (χ0) is 19.9. The van der Waals surface area contributed by atoms with Gasteiger partial charge in [0.15, 0.2) is 5.78 Å². The second-order valence-corrected chi connectivity index (χ2v) is 6.48. The number of nitrogens with zero attached hydrogens (tertiary/aromatic N) is 1. The van der Waals surface area contributed by atoms with Crippen LogP contribution in [0.2, 0.25) is 0 Å². The lowest BCUT2D eigenvalue weighted by atomic mass is 9.88. The third-order valence-corrected chi connectivity index (χ3v) is 5.01. The first-order valence-electron chi connectivity index (χ1n) is 6.92. The molecular formula is C12H22N4O5S4. The number of Topliss-reactive ketones (excluding diaryl/α,β-unsaturated/α-hetero) is 1. The van der Waals surface area contributed by atoms with Crippen molar-refractivity contribution >= 4 is 74.1 Å². The van der Waals surface area contributed by atoms with Crippen LogP contribution in [0, 0.1) is 0 Å². The molecule has 0 bridgehead atoms. The largest absolute Gasteiger partial charge is 0.479 e. The molecule has 0 aromatic heterocycles. The number of ketones is 1. The Morgan fingerprint density at radius 2 is 1.20 bits per heavy atom. The van der Waals surface area contributed by atoms with Crippen molar-refractivity contribution in [2.75, 3.05) is 23.0 Å². The normalized spacial score (nSPS) is 17.1. The van der Waals surface area contributed by atoms with Crippen LogP contribution in [0.1, 0.15) is 0 Å². The Kier molecular flexibility index (Phi) is 10.5. The lowest BCUT2D eigenvalue weighted by molar-refractivity contribution is -0.170. The van der Waals surface area contributed by atoms with Crippen molar-refractivity contribution < 1.29 is 24.3 Å². The van der Waals surface area contributed by atoms with Gasteiger partial charge in [-0.1, -0.05) is 0 Å². The van der Waals surface area contributed by atoms with Gasteiger partial charge in [-0.25, -0.2) is 4.79 Å². The second-order valence-electron chi connectivity index (χ2n) is 5.07. The summed E-state index contributed by atoms with van der Waals surface area (Å²) in [4.78, 5) is 50.1. The lowest BCUT2D eigenvalue weighted by Gasteiger charge is -2.40. The van der Waals surface area contributed by atoms with Gasteiger partial charge in [0.1, 0.15) is 0 Å². The highest BCUT2D eigenvalue weighted by molar-refractivity contribution is 7.80. The van der Waals surface area contributed by atoms with Gasteiger partial charge in [0.2, 0.25) is 17.4 Å². The van der Waals surface area contributed by atoms with Crippen LogP contribution < -0.4 is 17.2 Å². The van der Waals surface area contributed by atoms with Gasteiger partial charge in [-0.15, -0.1) is 0 Å². The van der Waals surface area contributed by atoms with Gasteiger partial charge >= 0.3 is 5.97 Å². The molecule has 25 heavy (non-hydrogen) atoms. The second kappa shape index (κ2) is 10.6. The molecule has 0 spiro atoms. The van der Waals surface area contributed by atoms with Crippen LogP contribution >= 0.6 is 50.5 Å². The van der Waals surface area contributed by atoms with Crippen LogP contribution in [0.4, 0.5) is 0 Å². The number of carboxylic acids is 1. The van der Waals surface area contributed by atoms with Crippen molar-refractivity contribution in [3.63, 3.8) is 0 Å². The van der Waals surface area contributed by atoms with Gasteiger partial charge in [0.05, 0.1) is 18.1 Å². The molecule has 0 aliphatic rings. The number of imide groups is 1. The Hall–Kier alpha value is -0.440. The van der Waals surface area contributed by atoms with Crippen LogP contribution in [0.15, 0.2) is 0 Å². The van der Waals surface area contributed by atoms with Gasteiger partial charge in [-0.3, -0.25) is 19.3 Å². The average Bonchev–Trinajstić information content (AvgIpc) is 2.61. The van der Waals surface area contributed by atoms with Gasteiger partial charge in [0, 0.05) is 23.0 Å². The number of rotatable bonds is 10. The van der Waals surface area contributed by atoms with Crippen LogP contribution in [0.25, 0.3) is 0 Å². The van der Waals surface area contributed by atoms with Gasteiger partial charge in [0.25, 0.3) is 0 Å². The van der Waals surface area contributed by atoms with Crippen molar-refractivity contribution in [3.05, 3.63) is 0 Å². The van der Waals surface area contributed by atoms with E-state index in [1.807, 2.05) is 0 Å². The number of carbonyl (C=O) groups excluding carboxylic acids is 3. The third kappa shape index (κ3) is 5.05. The molecule has 0 rings (SSSR count). The first-order chi connectivity index (χ1) is 11.6. The Bertz CT molecular complexity index is 516. The SMILES string of the molecule is N[C@@H](CS)C(=O)N(C(=O)[C@@H](N)CS)[C@@](CS)(C(=O)O)C(=O)[C@@H](N)CS. The highest BCUT2D eigenvalue weighted by Gasteiger charge is 2.57. The fourth-order valence-electron chi connectivity index (χ4n) is 1.89. The molecule has 0 radical (unpaired) electrons. The summed E-state index contributed by atoms with van der Waals surface area (Å²) in [5, 5.41) is 9.70. The standard InChI is InChI=1S/C12H22N4O5S4/c13-5(1-22)8(17)12(4-25,11(20)21)16(9(18)6(14)2-23)10(19)7(15)3-24/h5-7,22-25H,1-4,13-15H2,(H,20,21)/t5-,6-,7-,12+/m0/s1. The molecular weight excluding hydrogens is 408 g/mol. The molecule has 0 saturated carbocycles. The Balaban J connectivity index is 6.54. The number of nitrogens with two attached hydrogens (primary N) is 3. The molecule has 0 aromatic rings. The van der Waals surface area contributed by atoms with Gasteiger partial charge in [-0.05, 0) is 0 Å². The van der Waals surface area contributed by atoms with Crippen LogP contribution in [0.3, 0.4) is 0 Å². The average molecular weight is 431 g/mol. The highest BCUT2D eigenvalue weighted by atomic mass is 32.1. The minimum atomic E-state index is -2.68. The zero-order valence-corrected chi connectivity index (χ0v) is 16.7. The fourth-order valence-corrected chi connectivity index (χ4v) is 2.80. The quantitative estimate of drug-likeness (QED) is 0.138. The van der Waals surface area contributed by atoms with E-state index in [1.54, 1.807) is 0 Å². The third-order valence-electron chi connectivity index (χ3n) is 3.37. The summed E-state index contributed by atoms with van der Waals surface area (Å²) < 4.78 is 0. The summed E-state index contributed by atoms with van der Waals surface area (Å²) in [7, 11) is 0. The lowest BCUT2D eigenvalue weighted by Crippen LogP contribution is -2.72. The number of carboxylic acid groups (broad SMARTS) is 1. The van der Waals surface area contributed by atoms with Crippen LogP contribution in [-0.2, 0) is 19.2 Å². The number of amides is 2. The minimum absolute atomic E-state index is 0.201. The molecule has 13 heteroatoms. The number of aliphatic carboxylic acids is 1. The number of hydrogen-bond acceptors (Lipinski definition) is 11. The molecule has 0 fully saturated rings. The minimum Gasteiger partial charge on any atom is -0.479 e. The summed E-state index contributed by atoms with van der Waals surface area (Å²) in [5.41, 5.74) is 14.1. The summed E-state index contributed by atoms with van der Waals surface area (Å²) >= 11 is 15.5. The van der Waals surface area contributed by atoms with Crippen molar-refractivity contribution in [1.29, 1.82) is 0 Å². The highest BCUT2D eigenvalue weighted by Crippen LogP contribution is 2.24. The molecule has 0 aromatic carbocycles. The summed E-state index contributed by atoms with van der Waals surface area (Å²) in [6.45, 7) is 0. The maximum Gasteiger partial charge on any atom is 0.338 e. The molecule has 4 atom stereocenters. The van der Waals surface area contributed by atoms with Crippen molar-refractivity contribution in [2.45, 2.75) is 23.7 Å². The van der Waals surface area contributed by atoms with Crippen LogP contribution in [-0.4, -0.2) is 80.2 Å². The van der Waals surface area contributed by atoms with E-state index in [2.05, 4.69) is 50.5 Å². The first-order valence-corrected chi connectivity index (χ1v) is 9.45. The van der Waals surface area contributed by atoms with E-state index in [-0.39, 0.29) is 22.2 Å². The van der Waals surface area contributed by atoms with Gasteiger partial charge in [-0.2, -0.15) is 50.5 Å². The predicted molar refractivity (Wildman–Crippen MR) is 107 cm³/mol. The molecule has 9 nitrogen and oxygen atoms in total. The Morgan fingerprint density at radius 1 is 0.840 bits per heavy atom. The van der Waals surface area contributed by atoms with Crippen LogP contribution in [0.5, 0.6) is 0 Å². The van der Waals surface area contributed by atoms with Crippen molar-refractivity contribution in [2.24, 2.45) is 17.2 Å². The molecule has 7 N–H and O–H groups in total. The van der Waals surface area contributed by atoms with Gasteiger partial charge < -0.3 is 22.3 Å². The van der Waals surface area contributed by atoms with E-state index in [4.69, 9.17) is 17.2 Å². The molecule has 0 aliphatic heterocycles. The van der Waals surface area contributed by atoms with E-state index in [1.165, 1.54) is 0 Å². The molecule has 2 amide bonds. The molecule has 144 valence electrons. The monoisotopic (exact) mass is 430 g/mol. The summed E-state index contributed by atoms with van der Waals surface area (Å²) in [6.07, 6.45) is 0.